The first-order valence-corrected chi connectivity index (χ1v) is 6.23. The lowest BCUT2D eigenvalue weighted by Crippen LogP contribution is -2.07. The Kier molecular flexibility index (Phi) is 3.61. The molecule has 0 bridgehead atoms. The summed E-state index contributed by atoms with van der Waals surface area (Å²) < 4.78 is 0. The summed E-state index contributed by atoms with van der Waals surface area (Å²) >= 11 is 0. The SMILES string of the molecule is Cc1ccc(CC(=O)c2c(C)cccc2C)cc1. The van der Waals surface area contributed by atoms with E-state index in [0.29, 0.717) is 6.42 Å². The van der Waals surface area contributed by atoms with Gasteiger partial charge in [0, 0.05) is 12.0 Å². The number of ketones is 1. The molecule has 0 spiro atoms. The highest BCUT2D eigenvalue weighted by Gasteiger charge is 2.12. The second kappa shape index (κ2) is 5.18. The maximum absolute atomic E-state index is 12.3. The van der Waals surface area contributed by atoms with Crippen LogP contribution < -0.4 is 0 Å². The van der Waals surface area contributed by atoms with Crippen LogP contribution in [-0.4, -0.2) is 5.78 Å². The Hall–Kier alpha value is -1.89. The van der Waals surface area contributed by atoms with E-state index in [-0.39, 0.29) is 5.78 Å². The van der Waals surface area contributed by atoms with Crippen LogP contribution in [0, 0.1) is 20.8 Å². The lowest BCUT2D eigenvalue weighted by atomic mass is 9.95. The van der Waals surface area contributed by atoms with Crippen molar-refractivity contribution in [1.29, 1.82) is 0 Å². The molecule has 18 heavy (non-hydrogen) atoms. The van der Waals surface area contributed by atoms with Crippen LogP contribution in [0.2, 0.25) is 0 Å². The van der Waals surface area contributed by atoms with Gasteiger partial charge in [-0.25, -0.2) is 0 Å². The Morgan fingerprint density at radius 1 is 0.889 bits per heavy atom. The molecular formula is C17H18O. The molecule has 2 rings (SSSR count). The predicted octanol–water partition coefficient (Wildman–Crippen LogP) is 4.04. The largest absolute Gasteiger partial charge is 0.294 e. The minimum absolute atomic E-state index is 0.203. The van der Waals surface area contributed by atoms with Crippen molar-refractivity contribution in [2.24, 2.45) is 0 Å². The van der Waals surface area contributed by atoms with E-state index < -0.39 is 0 Å². The first kappa shape index (κ1) is 12.6. The Bertz CT molecular complexity index is 544. The van der Waals surface area contributed by atoms with Gasteiger partial charge in [-0.1, -0.05) is 48.0 Å². The monoisotopic (exact) mass is 238 g/mol. The molecule has 0 saturated heterocycles. The number of carbonyl (C=O) groups is 1. The van der Waals surface area contributed by atoms with E-state index in [1.54, 1.807) is 0 Å². The molecule has 0 fully saturated rings. The van der Waals surface area contributed by atoms with E-state index >= 15 is 0 Å². The van der Waals surface area contributed by atoms with Gasteiger partial charge in [0.25, 0.3) is 0 Å². The third kappa shape index (κ3) is 2.67. The van der Waals surface area contributed by atoms with Crippen LogP contribution in [0.1, 0.15) is 32.6 Å². The van der Waals surface area contributed by atoms with Gasteiger partial charge in [-0.2, -0.15) is 0 Å². The molecule has 0 radical (unpaired) electrons. The maximum Gasteiger partial charge on any atom is 0.167 e. The second-order valence-electron chi connectivity index (χ2n) is 4.85. The molecule has 0 N–H and O–H groups in total. The van der Waals surface area contributed by atoms with Gasteiger partial charge < -0.3 is 0 Å². The number of carbonyl (C=O) groups excluding carboxylic acids is 1. The van der Waals surface area contributed by atoms with Crippen LogP contribution in [0.3, 0.4) is 0 Å². The zero-order valence-electron chi connectivity index (χ0n) is 11.2. The number of Topliss-reactive ketones (excluding diaryl/α,β-unsaturated/α-hetero) is 1. The summed E-state index contributed by atoms with van der Waals surface area (Å²) in [4.78, 5) is 12.3. The minimum Gasteiger partial charge on any atom is -0.294 e. The van der Waals surface area contributed by atoms with Gasteiger partial charge in [-0.15, -0.1) is 0 Å². The Morgan fingerprint density at radius 2 is 1.44 bits per heavy atom. The molecule has 0 aliphatic rings. The summed E-state index contributed by atoms with van der Waals surface area (Å²) in [6, 6.07) is 14.1. The number of hydrogen-bond acceptors (Lipinski definition) is 1. The number of hydrogen-bond donors (Lipinski definition) is 0. The molecule has 2 aromatic carbocycles. The summed E-state index contributed by atoms with van der Waals surface area (Å²) in [7, 11) is 0. The number of benzene rings is 2. The Morgan fingerprint density at radius 3 is 2.00 bits per heavy atom. The van der Waals surface area contributed by atoms with Crippen molar-refractivity contribution in [1.82, 2.24) is 0 Å². The molecule has 0 atom stereocenters. The van der Waals surface area contributed by atoms with Crippen molar-refractivity contribution in [3.63, 3.8) is 0 Å². The average molecular weight is 238 g/mol. The minimum atomic E-state index is 0.203. The fraction of sp³-hybridized carbons (Fsp3) is 0.235. The van der Waals surface area contributed by atoms with Gasteiger partial charge in [0.1, 0.15) is 0 Å². The second-order valence-corrected chi connectivity index (χ2v) is 4.85. The normalized spacial score (nSPS) is 10.4. The van der Waals surface area contributed by atoms with Gasteiger partial charge in [-0.05, 0) is 37.5 Å². The Balaban J connectivity index is 2.25. The summed E-state index contributed by atoms with van der Waals surface area (Å²) in [5, 5.41) is 0. The highest BCUT2D eigenvalue weighted by atomic mass is 16.1. The van der Waals surface area contributed by atoms with Gasteiger partial charge in [0.15, 0.2) is 5.78 Å². The van der Waals surface area contributed by atoms with E-state index in [9.17, 15) is 4.79 Å². The van der Waals surface area contributed by atoms with Crippen LogP contribution in [0.5, 0.6) is 0 Å². The molecule has 1 nitrogen and oxygen atoms in total. The van der Waals surface area contributed by atoms with Gasteiger partial charge in [-0.3, -0.25) is 4.79 Å². The molecule has 1 heteroatoms. The van der Waals surface area contributed by atoms with Crippen molar-refractivity contribution in [2.45, 2.75) is 27.2 Å². The smallest absolute Gasteiger partial charge is 0.167 e. The average Bonchev–Trinajstić information content (AvgIpc) is 2.32. The van der Waals surface area contributed by atoms with E-state index in [2.05, 4.69) is 6.92 Å². The third-order valence-corrected chi connectivity index (χ3v) is 3.25. The van der Waals surface area contributed by atoms with Gasteiger partial charge in [0.05, 0.1) is 0 Å². The molecule has 0 heterocycles. The zero-order valence-corrected chi connectivity index (χ0v) is 11.2. The molecule has 0 aromatic heterocycles. The van der Waals surface area contributed by atoms with Crippen LogP contribution >= 0.6 is 0 Å². The Labute approximate surface area is 108 Å². The van der Waals surface area contributed by atoms with Crippen LogP contribution in [0.4, 0.5) is 0 Å². The van der Waals surface area contributed by atoms with E-state index in [1.807, 2.05) is 56.3 Å². The standard InChI is InChI=1S/C17H18O/c1-12-7-9-15(10-8-12)11-16(18)17-13(2)5-4-6-14(17)3/h4-10H,11H2,1-3H3. The first-order chi connectivity index (χ1) is 8.58. The van der Waals surface area contributed by atoms with Crippen LogP contribution in [0.25, 0.3) is 0 Å². The number of rotatable bonds is 3. The van der Waals surface area contributed by atoms with E-state index in [1.165, 1.54) is 5.56 Å². The van der Waals surface area contributed by atoms with Gasteiger partial charge in [0.2, 0.25) is 0 Å². The summed E-state index contributed by atoms with van der Waals surface area (Å²) in [5.41, 5.74) is 5.30. The topological polar surface area (TPSA) is 17.1 Å². The van der Waals surface area contributed by atoms with Crippen molar-refractivity contribution >= 4 is 5.78 Å². The van der Waals surface area contributed by atoms with Crippen molar-refractivity contribution in [3.05, 3.63) is 70.3 Å². The molecule has 0 aliphatic heterocycles. The molecular weight excluding hydrogens is 220 g/mol. The van der Waals surface area contributed by atoms with Crippen molar-refractivity contribution < 1.29 is 4.79 Å². The lowest BCUT2D eigenvalue weighted by Gasteiger charge is -2.08. The quantitative estimate of drug-likeness (QED) is 0.738. The third-order valence-electron chi connectivity index (χ3n) is 3.25. The highest BCUT2D eigenvalue weighted by Crippen LogP contribution is 2.16. The lowest BCUT2D eigenvalue weighted by molar-refractivity contribution is 0.0992. The molecule has 92 valence electrons. The van der Waals surface area contributed by atoms with Crippen molar-refractivity contribution in [3.8, 4) is 0 Å². The number of aryl methyl sites for hydroxylation is 3. The summed E-state index contributed by atoms with van der Waals surface area (Å²) in [6.45, 7) is 6.04. The summed E-state index contributed by atoms with van der Waals surface area (Å²) in [6.07, 6.45) is 0.478. The molecule has 0 unspecified atom stereocenters. The molecule has 0 aliphatic carbocycles. The highest BCUT2D eigenvalue weighted by molar-refractivity contribution is 6.00. The zero-order chi connectivity index (χ0) is 13.1. The van der Waals surface area contributed by atoms with E-state index in [4.69, 9.17) is 0 Å². The van der Waals surface area contributed by atoms with E-state index in [0.717, 1.165) is 22.3 Å². The summed E-state index contributed by atoms with van der Waals surface area (Å²) in [5.74, 6) is 0.203. The maximum atomic E-state index is 12.3. The van der Waals surface area contributed by atoms with Crippen LogP contribution in [0.15, 0.2) is 42.5 Å². The molecule has 0 amide bonds. The molecule has 0 saturated carbocycles. The van der Waals surface area contributed by atoms with Crippen molar-refractivity contribution in [2.75, 3.05) is 0 Å². The van der Waals surface area contributed by atoms with Gasteiger partial charge >= 0.3 is 0 Å². The fourth-order valence-electron chi connectivity index (χ4n) is 2.23. The molecule has 2 aromatic rings. The van der Waals surface area contributed by atoms with Crippen LogP contribution in [-0.2, 0) is 6.42 Å². The predicted molar refractivity (Wildman–Crippen MR) is 75.1 cm³/mol. The first-order valence-electron chi connectivity index (χ1n) is 6.23. The fourth-order valence-corrected chi connectivity index (χ4v) is 2.23.